The maximum atomic E-state index is 11.7. The molecule has 1 heterocycles. The summed E-state index contributed by atoms with van der Waals surface area (Å²) in [4.78, 5) is 2.31. The molecule has 5 heteroatoms. The first-order chi connectivity index (χ1) is 11.1. The van der Waals surface area contributed by atoms with Gasteiger partial charge in [-0.2, -0.15) is 0 Å². The number of benzene rings is 2. The first-order valence-corrected chi connectivity index (χ1v) is 8.88. The average Bonchev–Trinajstić information content (AvgIpc) is 2.98. The van der Waals surface area contributed by atoms with Crippen LogP contribution in [0.15, 0.2) is 54.6 Å². The zero-order valence-electron chi connectivity index (χ0n) is 13.2. The lowest BCUT2D eigenvalue weighted by molar-refractivity contribution is 0.327. The van der Waals surface area contributed by atoms with Crippen molar-refractivity contribution in [3.8, 4) is 0 Å². The minimum atomic E-state index is -2.26. The van der Waals surface area contributed by atoms with Crippen molar-refractivity contribution in [3.63, 3.8) is 0 Å². The Morgan fingerprint density at radius 3 is 2.52 bits per heavy atom. The third-order valence-corrected chi connectivity index (χ3v) is 5.11. The number of rotatable bonds is 5. The molecule has 1 fully saturated rings. The van der Waals surface area contributed by atoms with Gasteiger partial charge in [0.05, 0.1) is 6.04 Å². The van der Waals surface area contributed by atoms with Gasteiger partial charge in [0.25, 0.3) is 0 Å². The van der Waals surface area contributed by atoms with E-state index in [9.17, 15) is 8.76 Å². The number of aryl methyl sites for hydroxylation is 1. The van der Waals surface area contributed by atoms with Crippen molar-refractivity contribution in [2.75, 3.05) is 17.4 Å². The van der Waals surface area contributed by atoms with Gasteiger partial charge in [0.1, 0.15) is 0 Å². The van der Waals surface area contributed by atoms with E-state index in [1.165, 1.54) is 9.87 Å². The predicted molar refractivity (Wildman–Crippen MR) is 92.7 cm³/mol. The van der Waals surface area contributed by atoms with Crippen LogP contribution in [0.25, 0.3) is 0 Å². The summed E-state index contributed by atoms with van der Waals surface area (Å²) >= 11 is -2.26. The Morgan fingerprint density at radius 1 is 1.17 bits per heavy atom. The Morgan fingerprint density at radius 2 is 1.87 bits per heavy atom. The van der Waals surface area contributed by atoms with Crippen molar-refractivity contribution in [1.82, 2.24) is 4.90 Å². The summed E-state index contributed by atoms with van der Waals surface area (Å²) in [6.07, 6.45) is 0.856. The molecule has 1 aliphatic heterocycles. The first kappa shape index (κ1) is 16.2. The van der Waals surface area contributed by atoms with Gasteiger partial charge < -0.3 is 4.55 Å². The fourth-order valence-electron chi connectivity index (χ4n) is 3.10. The van der Waals surface area contributed by atoms with E-state index in [4.69, 9.17) is 0 Å². The molecule has 0 saturated carbocycles. The highest BCUT2D eigenvalue weighted by Crippen LogP contribution is 2.25. The highest BCUT2D eigenvalue weighted by molar-refractivity contribution is 7.80. The molecule has 3 rings (SSSR count). The number of likely N-dealkylation sites (tertiary alicyclic amines) is 1. The second-order valence-electron chi connectivity index (χ2n) is 6.04. The zero-order chi connectivity index (χ0) is 16.2. The van der Waals surface area contributed by atoms with E-state index in [1.807, 2.05) is 49.4 Å². The van der Waals surface area contributed by atoms with Gasteiger partial charge in [-0.1, -0.05) is 48.0 Å². The third kappa shape index (κ3) is 3.99. The summed E-state index contributed by atoms with van der Waals surface area (Å²) in [6, 6.07) is 18.0. The van der Waals surface area contributed by atoms with Crippen LogP contribution in [0.4, 0.5) is 5.69 Å². The Balaban J connectivity index is 1.70. The van der Waals surface area contributed by atoms with Crippen LogP contribution in [0, 0.1) is 6.92 Å². The number of nitrogens with zero attached hydrogens (tertiary/aromatic N) is 2. The molecule has 23 heavy (non-hydrogen) atoms. The number of hydrogen-bond donors (Lipinski definition) is 0. The molecule has 1 saturated heterocycles. The lowest BCUT2D eigenvalue weighted by atomic mass is 10.2. The van der Waals surface area contributed by atoms with Gasteiger partial charge in [0.15, 0.2) is 0 Å². The first-order valence-electron chi connectivity index (χ1n) is 7.85. The van der Waals surface area contributed by atoms with E-state index < -0.39 is 11.3 Å². The Labute approximate surface area is 140 Å². The molecular weight excluding hydrogens is 308 g/mol. The van der Waals surface area contributed by atoms with Crippen LogP contribution in [0.5, 0.6) is 0 Å². The van der Waals surface area contributed by atoms with Gasteiger partial charge in [-0.25, -0.2) is 0 Å². The molecule has 0 radical (unpaired) electrons. The molecule has 2 aromatic carbocycles. The van der Waals surface area contributed by atoms with Crippen LogP contribution in [-0.2, 0) is 17.8 Å². The van der Waals surface area contributed by atoms with Crippen LogP contribution in [-0.4, -0.2) is 32.8 Å². The van der Waals surface area contributed by atoms with E-state index in [1.54, 1.807) is 0 Å². The SMILES string of the molecule is Cc1ccc(N(C2CCN(Cc3ccccc3)C2)S(=O)[O-])cc1. The highest BCUT2D eigenvalue weighted by atomic mass is 32.2. The molecule has 4 nitrogen and oxygen atoms in total. The van der Waals surface area contributed by atoms with Crippen molar-refractivity contribution in [3.05, 3.63) is 65.7 Å². The van der Waals surface area contributed by atoms with Gasteiger partial charge in [0.2, 0.25) is 0 Å². The zero-order valence-corrected chi connectivity index (χ0v) is 14.0. The molecule has 0 spiro atoms. The normalized spacial score (nSPS) is 19.7. The molecule has 0 N–H and O–H groups in total. The lowest BCUT2D eigenvalue weighted by Gasteiger charge is -2.32. The van der Waals surface area contributed by atoms with Gasteiger partial charge >= 0.3 is 0 Å². The fraction of sp³-hybridized carbons (Fsp3) is 0.333. The smallest absolute Gasteiger partial charge is 0.0558 e. The van der Waals surface area contributed by atoms with Crippen LogP contribution >= 0.6 is 0 Å². The standard InChI is InChI=1S/C18H22N2O2S/c1-15-7-9-17(10-8-15)20(23(21)22)18-11-12-19(14-18)13-16-5-3-2-4-6-16/h2-10,18H,11-14H2,1H3,(H,21,22)/p-1. The van der Waals surface area contributed by atoms with Crippen LogP contribution in [0.1, 0.15) is 17.5 Å². The summed E-state index contributed by atoms with van der Waals surface area (Å²) in [5, 5.41) is 0. The van der Waals surface area contributed by atoms with Crippen molar-refractivity contribution in [2.45, 2.75) is 25.9 Å². The van der Waals surface area contributed by atoms with Gasteiger partial charge in [-0.15, -0.1) is 0 Å². The highest BCUT2D eigenvalue weighted by Gasteiger charge is 2.28. The molecule has 2 unspecified atom stereocenters. The summed E-state index contributed by atoms with van der Waals surface area (Å²) in [5.41, 5.74) is 3.14. The molecule has 0 aliphatic carbocycles. The minimum Gasteiger partial charge on any atom is -0.755 e. The van der Waals surface area contributed by atoms with Crippen LogP contribution in [0.3, 0.4) is 0 Å². The second-order valence-corrected chi connectivity index (χ2v) is 6.87. The van der Waals surface area contributed by atoms with Gasteiger partial charge in [0, 0.05) is 36.6 Å². The molecule has 122 valence electrons. The monoisotopic (exact) mass is 329 g/mol. The molecule has 0 bridgehead atoms. The Kier molecular flexibility index (Phi) is 5.10. The molecular formula is C18H21N2O2S-. The van der Waals surface area contributed by atoms with Gasteiger partial charge in [-0.05, 0) is 31.0 Å². The molecule has 1 aliphatic rings. The summed E-state index contributed by atoms with van der Waals surface area (Å²) in [7, 11) is 0. The second kappa shape index (κ2) is 7.25. The predicted octanol–water partition coefficient (Wildman–Crippen LogP) is 2.87. The van der Waals surface area contributed by atoms with Gasteiger partial charge in [-0.3, -0.25) is 13.4 Å². The van der Waals surface area contributed by atoms with Crippen molar-refractivity contribution in [2.24, 2.45) is 0 Å². The molecule has 0 amide bonds. The van der Waals surface area contributed by atoms with E-state index >= 15 is 0 Å². The molecule has 0 aromatic heterocycles. The summed E-state index contributed by atoms with van der Waals surface area (Å²) in [5.74, 6) is 0. The van der Waals surface area contributed by atoms with Crippen LogP contribution in [0.2, 0.25) is 0 Å². The maximum absolute atomic E-state index is 11.7. The van der Waals surface area contributed by atoms with Crippen molar-refractivity contribution >= 4 is 17.0 Å². The lowest BCUT2D eigenvalue weighted by Crippen LogP contribution is -2.38. The quantitative estimate of drug-likeness (QED) is 0.793. The Hall–Kier alpha value is -1.69. The van der Waals surface area contributed by atoms with E-state index in [-0.39, 0.29) is 6.04 Å². The van der Waals surface area contributed by atoms with E-state index in [0.29, 0.717) is 0 Å². The van der Waals surface area contributed by atoms with Crippen molar-refractivity contribution < 1.29 is 8.76 Å². The Bertz CT molecular complexity index is 660. The molecule has 2 atom stereocenters. The fourth-order valence-corrected chi connectivity index (χ4v) is 3.81. The van der Waals surface area contributed by atoms with E-state index in [2.05, 4.69) is 17.0 Å². The summed E-state index contributed by atoms with van der Waals surface area (Å²) < 4.78 is 25.0. The topological polar surface area (TPSA) is 46.6 Å². The summed E-state index contributed by atoms with van der Waals surface area (Å²) in [6.45, 7) is 4.54. The largest absolute Gasteiger partial charge is 0.755 e. The number of anilines is 1. The average molecular weight is 329 g/mol. The third-order valence-electron chi connectivity index (χ3n) is 4.28. The molecule has 2 aromatic rings. The van der Waals surface area contributed by atoms with Crippen LogP contribution < -0.4 is 4.31 Å². The minimum absolute atomic E-state index is 0.000230. The van der Waals surface area contributed by atoms with E-state index in [0.717, 1.165) is 37.3 Å². The van der Waals surface area contributed by atoms with Crippen molar-refractivity contribution in [1.29, 1.82) is 0 Å². The maximum Gasteiger partial charge on any atom is 0.0558 e. The number of hydrogen-bond acceptors (Lipinski definition) is 3.